The molecular formula is C23H21NO3. The van der Waals surface area contributed by atoms with Crippen LogP contribution in [-0.2, 0) is 10.3 Å². The number of aliphatic hydroxyl groups excluding tert-OH is 1. The maximum Gasteiger partial charge on any atom is 0.305 e. The summed E-state index contributed by atoms with van der Waals surface area (Å²) in [5.74, 6) is -0.940. The SMILES string of the molecule is O=C(O)C[C@H](CO)NC1(c2ccccc2)c2ccccc2-c2ccccc21. The van der Waals surface area contributed by atoms with Gasteiger partial charge in [-0.1, -0.05) is 78.9 Å². The highest BCUT2D eigenvalue weighted by Crippen LogP contribution is 2.51. The van der Waals surface area contributed by atoms with Crippen molar-refractivity contribution in [2.75, 3.05) is 6.61 Å². The van der Waals surface area contributed by atoms with Crippen molar-refractivity contribution in [2.24, 2.45) is 0 Å². The van der Waals surface area contributed by atoms with Crippen LogP contribution in [0.1, 0.15) is 23.1 Å². The number of carboxylic acids is 1. The summed E-state index contributed by atoms with van der Waals surface area (Å²) in [6.45, 7) is -0.259. The third kappa shape index (κ3) is 2.83. The fraction of sp³-hybridized carbons (Fsp3) is 0.174. The van der Waals surface area contributed by atoms with Crippen LogP contribution in [0, 0.1) is 0 Å². The molecule has 0 aromatic heterocycles. The molecule has 0 fully saturated rings. The van der Waals surface area contributed by atoms with Gasteiger partial charge in [-0.05, 0) is 27.8 Å². The number of carbonyl (C=O) groups is 1. The highest BCUT2D eigenvalue weighted by molar-refractivity contribution is 5.83. The summed E-state index contributed by atoms with van der Waals surface area (Å²) in [7, 11) is 0. The van der Waals surface area contributed by atoms with E-state index in [9.17, 15) is 15.0 Å². The maximum atomic E-state index is 11.3. The standard InChI is InChI=1S/C23H21NO3/c25-15-17(14-22(26)27)24-23(16-8-2-1-3-9-16)20-12-6-4-10-18(20)19-11-5-7-13-21(19)23/h1-13,17,24-25H,14-15H2,(H,26,27)/t17-/m1/s1. The van der Waals surface area contributed by atoms with Crippen molar-refractivity contribution in [3.8, 4) is 11.1 Å². The smallest absolute Gasteiger partial charge is 0.305 e. The summed E-state index contributed by atoms with van der Waals surface area (Å²) in [5, 5.41) is 22.7. The average Bonchev–Trinajstić information content (AvgIpc) is 2.99. The highest BCUT2D eigenvalue weighted by atomic mass is 16.4. The molecule has 0 amide bonds. The number of nitrogens with one attached hydrogen (secondary N) is 1. The number of fused-ring (bicyclic) bond motifs is 3. The van der Waals surface area contributed by atoms with Crippen LogP contribution < -0.4 is 5.32 Å². The minimum atomic E-state index is -0.940. The van der Waals surface area contributed by atoms with Crippen LogP contribution in [0.15, 0.2) is 78.9 Å². The van der Waals surface area contributed by atoms with Crippen LogP contribution in [0.4, 0.5) is 0 Å². The molecule has 0 saturated heterocycles. The first-order chi connectivity index (χ1) is 13.2. The normalized spacial score (nSPS) is 15.0. The second-order valence-corrected chi connectivity index (χ2v) is 6.83. The predicted molar refractivity (Wildman–Crippen MR) is 104 cm³/mol. The molecule has 4 nitrogen and oxygen atoms in total. The van der Waals surface area contributed by atoms with Crippen molar-refractivity contribution >= 4 is 5.97 Å². The van der Waals surface area contributed by atoms with E-state index in [1.807, 2.05) is 54.6 Å². The van der Waals surface area contributed by atoms with Crippen LogP contribution in [0.3, 0.4) is 0 Å². The number of benzene rings is 3. The van der Waals surface area contributed by atoms with Gasteiger partial charge in [0.15, 0.2) is 0 Å². The van der Waals surface area contributed by atoms with Crippen molar-refractivity contribution in [3.05, 3.63) is 95.6 Å². The molecule has 0 unspecified atom stereocenters. The molecule has 27 heavy (non-hydrogen) atoms. The van der Waals surface area contributed by atoms with Crippen molar-refractivity contribution in [2.45, 2.75) is 18.0 Å². The zero-order chi connectivity index (χ0) is 18.9. The number of aliphatic carboxylic acids is 1. The van der Waals surface area contributed by atoms with Gasteiger partial charge in [0.25, 0.3) is 0 Å². The van der Waals surface area contributed by atoms with E-state index in [1.165, 1.54) is 0 Å². The summed E-state index contributed by atoms with van der Waals surface area (Å²) in [6.07, 6.45) is -0.157. The minimum absolute atomic E-state index is 0.157. The molecule has 3 N–H and O–H groups in total. The second-order valence-electron chi connectivity index (χ2n) is 6.83. The summed E-state index contributed by atoms with van der Waals surface area (Å²) in [5.41, 5.74) is 4.69. The fourth-order valence-corrected chi connectivity index (χ4v) is 4.15. The van der Waals surface area contributed by atoms with Gasteiger partial charge >= 0.3 is 5.97 Å². The second kappa shape index (κ2) is 6.99. The van der Waals surface area contributed by atoms with E-state index < -0.39 is 17.6 Å². The van der Waals surface area contributed by atoms with E-state index in [0.29, 0.717) is 0 Å². The van der Waals surface area contributed by atoms with E-state index in [2.05, 4.69) is 29.6 Å². The van der Waals surface area contributed by atoms with Crippen LogP contribution in [0.2, 0.25) is 0 Å². The third-order valence-electron chi connectivity index (χ3n) is 5.22. The third-order valence-corrected chi connectivity index (χ3v) is 5.22. The number of hydrogen-bond donors (Lipinski definition) is 3. The van der Waals surface area contributed by atoms with Crippen LogP contribution >= 0.6 is 0 Å². The fourth-order valence-electron chi connectivity index (χ4n) is 4.15. The summed E-state index contributed by atoms with van der Waals surface area (Å²) >= 11 is 0. The monoisotopic (exact) mass is 359 g/mol. The van der Waals surface area contributed by atoms with E-state index in [0.717, 1.165) is 27.8 Å². The number of aliphatic hydroxyl groups is 1. The van der Waals surface area contributed by atoms with Gasteiger partial charge in [-0.25, -0.2) is 0 Å². The lowest BCUT2D eigenvalue weighted by Gasteiger charge is -2.37. The molecule has 1 aliphatic carbocycles. The summed E-state index contributed by atoms with van der Waals surface area (Å²) in [6, 6.07) is 25.8. The van der Waals surface area contributed by atoms with Gasteiger partial charge in [-0.2, -0.15) is 0 Å². The average molecular weight is 359 g/mol. The number of hydrogen-bond acceptors (Lipinski definition) is 3. The quantitative estimate of drug-likeness (QED) is 0.631. The maximum absolute atomic E-state index is 11.3. The molecule has 1 atom stereocenters. The van der Waals surface area contributed by atoms with Crippen LogP contribution in [0.5, 0.6) is 0 Å². The van der Waals surface area contributed by atoms with Gasteiger partial charge in [0.05, 0.1) is 18.6 Å². The molecule has 0 bridgehead atoms. The first-order valence-corrected chi connectivity index (χ1v) is 9.02. The Kier molecular flexibility index (Phi) is 4.52. The Bertz CT molecular complexity index is 923. The van der Waals surface area contributed by atoms with Gasteiger partial charge in [0.2, 0.25) is 0 Å². The van der Waals surface area contributed by atoms with Gasteiger partial charge in [-0.3, -0.25) is 10.1 Å². The Labute approximate surface area is 158 Å². The van der Waals surface area contributed by atoms with E-state index >= 15 is 0 Å². The number of carboxylic acid groups (broad SMARTS) is 1. The molecule has 0 heterocycles. The van der Waals surface area contributed by atoms with Gasteiger partial charge < -0.3 is 10.2 Å². The molecule has 136 valence electrons. The summed E-state index contributed by atoms with van der Waals surface area (Å²) in [4.78, 5) is 11.3. The lowest BCUT2D eigenvalue weighted by atomic mass is 9.80. The van der Waals surface area contributed by atoms with Gasteiger partial charge in [0.1, 0.15) is 0 Å². The van der Waals surface area contributed by atoms with Crippen LogP contribution in [0.25, 0.3) is 11.1 Å². The van der Waals surface area contributed by atoms with Crippen molar-refractivity contribution < 1.29 is 15.0 Å². The molecule has 3 aromatic rings. The lowest BCUT2D eigenvalue weighted by molar-refractivity contribution is -0.137. The molecule has 1 aliphatic rings. The predicted octanol–water partition coefficient (Wildman–Crippen LogP) is 3.38. The Hall–Kier alpha value is -2.95. The molecule has 3 aromatic carbocycles. The van der Waals surface area contributed by atoms with Crippen LogP contribution in [-0.4, -0.2) is 28.8 Å². The molecule has 0 aliphatic heterocycles. The van der Waals surface area contributed by atoms with Gasteiger partial charge in [-0.15, -0.1) is 0 Å². The lowest BCUT2D eigenvalue weighted by Crippen LogP contribution is -2.50. The topological polar surface area (TPSA) is 69.6 Å². The van der Waals surface area contributed by atoms with E-state index in [-0.39, 0.29) is 13.0 Å². The largest absolute Gasteiger partial charge is 0.481 e. The summed E-state index contributed by atoms with van der Waals surface area (Å²) < 4.78 is 0. The van der Waals surface area contributed by atoms with Crippen molar-refractivity contribution in [1.29, 1.82) is 0 Å². The Morgan fingerprint density at radius 3 is 1.89 bits per heavy atom. The molecule has 0 saturated carbocycles. The molecule has 4 rings (SSSR count). The first-order valence-electron chi connectivity index (χ1n) is 9.02. The number of rotatable bonds is 6. The molecular weight excluding hydrogens is 338 g/mol. The Morgan fingerprint density at radius 1 is 0.852 bits per heavy atom. The molecule has 0 spiro atoms. The molecule has 0 radical (unpaired) electrons. The van der Waals surface area contributed by atoms with Crippen molar-refractivity contribution in [1.82, 2.24) is 5.32 Å². The van der Waals surface area contributed by atoms with Gasteiger partial charge in [0, 0.05) is 6.04 Å². The highest BCUT2D eigenvalue weighted by Gasteiger charge is 2.45. The molecule has 4 heteroatoms. The Morgan fingerprint density at radius 2 is 1.37 bits per heavy atom. The van der Waals surface area contributed by atoms with E-state index in [4.69, 9.17) is 0 Å². The zero-order valence-corrected chi connectivity index (χ0v) is 14.8. The van der Waals surface area contributed by atoms with Crippen molar-refractivity contribution in [3.63, 3.8) is 0 Å². The zero-order valence-electron chi connectivity index (χ0n) is 14.8. The van der Waals surface area contributed by atoms with E-state index in [1.54, 1.807) is 0 Å². The Balaban J connectivity index is 1.98. The first kappa shape index (κ1) is 17.5. The minimum Gasteiger partial charge on any atom is -0.481 e.